The van der Waals surface area contributed by atoms with E-state index >= 15 is 0 Å². The molecule has 1 aromatic carbocycles. The monoisotopic (exact) mass is 874 g/mol. The first-order valence-corrected chi connectivity index (χ1v) is 8.68. The van der Waals surface area contributed by atoms with Crippen LogP contribution < -0.4 is 0 Å². The smallest absolute Gasteiger partial charge is 0.0659 e. The molecule has 0 radical (unpaired) electrons. The number of aryl methyl sites for hydroxylation is 2. The fourth-order valence-electron chi connectivity index (χ4n) is 2.58. The average molecular weight is 879 g/mol. The van der Waals surface area contributed by atoms with Gasteiger partial charge in [-0.15, -0.1) is 67.9 Å². The third-order valence-electron chi connectivity index (χ3n) is 4.03. The van der Waals surface area contributed by atoms with Crippen LogP contribution in [0, 0.1) is 13.8 Å². The molecule has 0 amide bonds. The molecule has 3 rings (SSSR count). The minimum Gasteiger partial charge on any atom is -0.261 e. The number of pyridine rings is 2. The predicted molar refractivity (Wildman–Crippen MR) is 149 cm³/mol. The number of halogens is 4. The second kappa shape index (κ2) is 21.6. The number of hydrogen-bond donors (Lipinski definition) is 0. The predicted octanol–water partition coefficient (Wildman–Crippen LogP) is 7.29. The van der Waals surface area contributed by atoms with Gasteiger partial charge in [0, 0.05) is 89.9 Å². The Bertz CT molecular complexity index is 851. The van der Waals surface area contributed by atoms with E-state index in [2.05, 4.69) is 45.9 Å². The third kappa shape index (κ3) is 13.1. The Kier molecular flexibility index (Phi) is 26.6. The number of benzene rings is 1. The average Bonchev–Trinajstić information content (AvgIpc) is 2.67. The van der Waals surface area contributed by atoms with Crippen LogP contribution in [0.1, 0.15) is 22.5 Å². The summed E-state index contributed by atoms with van der Waals surface area (Å²) >= 11 is 0. The Hall–Kier alpha value is 0.105. The molecule has 0 aliphatic rings. The SMILES string of the molecule is Br.Br.Br.Br.Cc1cc(N=CCc2ccccn2)c(C)cc1N=CCc1ccccn1.[Pd].[Pd]. The van der Waals surface area contributed by atoms with Crippen molar-refractivity contribution in [2.75, 3.05) is 0 Å². The largest absolute Gasteiger partial charge is 0.261 e. The Morgan fingerprint density at radius 1 is 0.656 bits per heavy atom. The molecule has 3 aromatic rings. The fourth-order valence-corrected chi connectivity index (χ4v) is 2.58. The van der Waals surface area contributed by atoms with Crippen molar-refractivity contribution >= 4 is 91.7 Å². The zero-order chi connectivity index (χ0) is 18.2. The van der Waals surface area contributed by atoms with E-state index < -0.39 is 0 Å². The van der Waals surface area contributed by atoms with E-state index in [-0.39, 0.29) is 109 Å². The van der Waals surface area contributed by atoms with Crippen LogP contribution in [0.2, 0.25) is 0 Å². The van der Waals surface area contributed by atoms with Crippen molar-refractivity contribution in [1.82, 2.24) is 9.97 Å². The first-order chi connectivity index (χ1) is 12.7. The topological polar surface area (TPSA) is 50.5 Å². The molecule has 0 atom stereocenters. The summed E-state index contributed by atoms with van der Waals surface area (Å²) in [5.74, 6) is 0. The second-order valence-corrected chi connectivity index (χ2v) is 6.10. The first-order valence-electron chi connectivity index (χ1n) is 8.68. The number of nitrogens with zero attached hydrogens (tertiary/aromatic N) is 4. The van der Waals surface area contributed by atoms with Gasteiger partial charge < -0.3 is 0 Å². The van der Waals surface area contributed by atoms with Gasteiger partial charge in [0.05, 0.1) is 11.4 Å². The van der Waals surface area contributed by atoms with Gasteiger partial charge in [-0.2, -0.15) is 0 Å². The van der Waals surface area contributed by atoms with Gasteiger partial charge in [0.15, 0.2) is 0 Å². The van der Waals surface area contributed by atoms with Crippen molar-refractivity contribution < 1.29 is 40.8 Å². The first kappa shape index (κ1) is 39.3. The van der Waals surface area contributed by atoms with Crippen molar-refractivity contribution in [3.8, 4) is 0 Å². The molecule has 0 saturated carbocycles. The summed E-state index contributed by atoms with van der Waals surface area (Å²) in [4.78, 5) is 17.8. The van der Waals surface area contributed by atoms with Crippen molar-refractivity contribution in [1.29, 1.82) is 0 Å². The Morgan fingerprint density at radius 3 is 1.34 bits per heavy atom. The van der Waals surface area contributed by atoms with Crippen molar-refractivity contribution in [3.05, 3.63) is 83.4 Å². The van der Waals surface area contributed by atoms with E-state index in [9.17, 15) is 0 Å². The van der Waals surface area contributed by atoms with Gasteiger partial charge in [-0.25, -0.2) is 0 Å². The van der Waals surface area contributed by atoms with Crippen LogP contribution >= 0.6 is 67.9 Å². The zero-order valence-electron chi connectivity index (χ0n) is 17.4. The Morgan fingerprint density at radius 2 is 1.03 bits per heavy atom. The van der Waals surface area contributed by atoms with E-state index in [0.717, 1.165) is 46.7 Å². The molecule has 32 heavy (non-hydrogen) atoms. The summed E-state index contributed by atoms with van der Waals surface area (Å²) in [6.07, 6.45) is 8.88. The van der Waals surface area contributed by atoms with Crippen molar-refractivity contribution in [3.63, 3.8) is 0 Å². The standard InChI is InChI=1S/C22H22N4.4BrH.2Pd/c1-17-15-22(26-14-10-20-8-4-6-12-24-20)18(2)16-21(17)25-13-9-19-7-3-5-11-23-19;;;;;;/h3-8,11-16H,9-10H2,1-2H3;4*1H;;. The Labute approximate surface area is 260 Å². The quantitative estimate of drug-likeness (QED) is 0.193. The van der Waals surface area contributed by atoms with Gasteiger partial charge in [-0.05, 0) is 61.4 Å². The molecule has 4 nitrogen and oxygen atoms in total. The fraction of sp³-hybridized carbons (Fsp3) is 0.182. The summed E-state index contributed by atoms with van der Waals surface area (Å²) < 4.78 is 0. The van der Waals surface area contributed by atoms with E-state index in [0.29, 0.717) is 0 Å². The summed E-state index contributed by atoms with van der Waals surface area (Å²) in [7, 11) is 0. The molecule has 0 spiro atoms. The maximum absolute atomic E-state index is 4.60. The molecule has 0 bridgehead atoms. The summed E-state index contributed by atoms with van der Waals surface area (Å²) in [6.45, 7) is 4.12. The molecular formula is C22H26Br4N4Pd2. The van der Waals surface area contributed by atoms with Crippen molar-refractivity contribution in [2.24, 2.45) is 9.98 Å². The third-order valence-corrected chi connectivity index (χ3v) is 4.03. The van der Waals surface area contributed by atoms with E-state index in [1.807, 2.05) is 48.8 Å². The molecule has 10 heteroatoms. The molecule has 0 fully saturated rings. The maximum Gasteiger partial charge on any atom is 0.0659 e. The molecule has 182 valence electrons. The molecular weight excluding hydrogens is 853 g/mol. The molecule has 2 aromatic heterocycles. The van der Waals surface area contributed by atoms with Crippen LogP contribution in [0.3, 0.4) is 0 Å². The van der Waals surface area contributed by atoms with Gasteiger partial charge in [0.1, 0.15) is 0 Å². The molecule has 0 aliphatic carbocycles. The van der Waals surface area contributed by atoms with Crippen LogP contribution in [0.25, 0.3) is 0 Å². The molecule has 0 saturated heterocycles. The van der Waals surface area contributed by atoms with Crippen molar-refractivity contribution in [2.45, 2.75) is 26.7 Å². The van der Waals surface area contributed by atoms with Gasteiger partial charge in [0.2, 0.25) is 0 Å². The van der Waals surface area contributed by atoms with E-state index in [1.54, 1.807) is 12.4 Å². The van der Waals surface area contributed by atoms with Gasteiger partial charge in [0.25, 0.3) is 0 Å². The van der Waals surface area contributed by atoms with E-state index in [4.69, 9.17) is 0 Å². The van der Waals surface area contributed by atoms with Crippen LogP contribution in [-0.4, -0.2) is 22.4 Å². The van der Waals surface area contributed by atoms with Gasteiger partial charge >= 0.3 is 0 Å². The number of rotatable bonds is 6. The minimum absolute atomic E-state index is 0. The van der Waals surface area contributed by atoms with Crippen LogP contribution in [0.4, 0.5) is 11.4 Å². The summed E-state index contributed by atoms with van der Waals surface area (Å²) in [6, 6.07) is 16.0. The van der Waals surface area contributed by atoms with Crippen LogP contribution in [0.15, 0.2) is 70.9 Å². The van der Waals surface area contributed by atoms with E-state index in [1.165, 1.54) is 0 Å². The van der Waals surface area contributed by atoms with Crippen LogP contribution in [0.5, 0.6) is 0 Å². The number of aliphatic imine (C=N–C) groups is 2. The zero-order valence-corrected chi connectivity index (χ0v) is 27.4. The van der Waals surface area contributed by atoms with Crippen LogP contribution in [-0.2, 0) is 53.7 Å². The Balaban J connectivity index is -0.000000653. The second-order valence-electron chi connectivity index (χ2n) is 6.10. The van der Waals surface area contributed by atoms with Gasteiger partial charge in [-0.1, -0.05) is 12.1 Å². The minimum atomic E-state index is 0. The summed E-state index contributed by atoms with van der Waals surface area (Å²) in [5, 5.41) is 0. The molecule has 0 unspecified atom stereocenters. The summed E-state index contributed by atoms with van der Waals surface area (Å²) in [5.41, 5.74) is 6.20. The number of aromatic nitrogens is 2. The maximum atomic E-state index is 4.60. The number of hydrogen-bond acceptors (Lipinski definition) is 4. The molecule has 0 N–H and O–H groups in total. The normalized spacial score (nSPS) is 9.31. The molecule has 0 aliphatic heterocycles. The van der Waals surface area contributed by atoms with Gasteiger partial charge in [-0.3, -0.25) is 20.0 Å². The molecule has 2 heterocycles.